The lowest BCUT2D eigenvalue weighted by Gasteiger charge is -2.17. The summed E-state index contributed by atoms with van der Waals surface area (Å²) in [5, 5.41) is 5.57. The van der Waals surface area contributed by atoms with Gasteiger partial charge < -0.3 is 4.90 Å². The van der Waals surface area contributed by atoms with E-state index >= 15 is 0 Å². The molecule has 1 amide bonds. The summed E-state index contributed by atoms with van der Waals surface area (Å²) in [6, 6.07) is 7.61. The van der Waals surface area contributed by atoms with Crippen molar-refractivity contribution in [3.63, 3.8) is 0 Å². The third-order valence-electron chi connectivity index (χ3n) is 4.51. The minimum atomic E-state index is -3.83. The van der Waals surface area contributed by atoms with E-state index in [1.54, 1.807) is 4.90 Å². The van der Waals surface area contributed by atoms with Gasteiger partial charge in [-0.25, -0.2) is 18.3 Å². The van der Waals surface area contributed by atoms with E-state index < -0.39 is 15.5 Å². The number of aromatic nitrogens is 3. The van der Waals surface area contributed by atoms with Gasteiger partial charge in [-0.3, -0.25) is 9.36 Å². The first-order valence-electron chi connectivity index (χ1n) is 8.70. The molecule has 140 valence electrons. The predicted octanol–water partition coefficient (Wildman–Crippen LogP) is 1.12. The van der Waals surface area contributed by atoms with Crippen LogP contribution in [0.1, 0.15) is 31.7 Å². The van der Waals surface area contributed by atoms with E-state index in [1.807, 2.05) is 31.2 Å². The Labute approximate surface area is 151 Å². The number of anilines is 1. The zero-order valence-corrected chi connectivity index (χ0v) is 15.5. The SMILES string of the molecule is CCCCn1c(S(=O)(=O)CCC(=O)N2CCc3ccccc32)n[nH]c1=O. The molecule has 0 atom stereocenters. The molecule has 26 heavy (non-hydrogen) atoms. The van der Waals surface area contributed by atoms with Crippen LogP contribution in [0.3, 0.4) is 0 Å². The normalized spacial score (nSPS) is 13.8. The Balaban J connectivity index is 1.72. The maximum atomic E-state index is 12.6. The standard InChI is InChI=1S/C17H22N4O4S/c1-2-3-10-21-16(23)18-19-17(21)26(24,25)12-9-15(22)20-11-8-13-6-4-5-7-14(13)20/h4-7H,2-3,8-12H2,1H3,(H,18,23). The number of rotatable bonds is 7. The monoisotopic (exact) mass is 378 g/mol. The van der Waals surface area contributed by atoms with Crippen LogP contribution in [-0.4, -0.2) is 41.4 Å². The molecule has 0 bridgehead atoms. The van der Waals surface area contributed by atoms with Crippen LogP contribution in [-0.2, 0) is 27.6 Å². The fourth-order valence-corrected chi connectivity index (χ4v) is 4.42. The van der Waals surface area contributed by atoms with Gasteiger partial charge in [0.05, 0.1) is 5.75 Å². The minimum absolute atomic E-state index is 0.147. The first-order valence-corrected chi connectivity index (χ1v) is 10.4. The number of aromatic amines is 1. The number of unbranched alkanes of at least 4 members (excludes halogenated alkanes) is 1. The fourth-order valence-electron chi connectivity index (χ4n) is 3.10. The Morgan fingerprint density at radius 1 is 1.31 bits per heavy atom. The summed E-state index contributed by atoms with van der Waals surface area (Å²) in [4.78, 5) is 25.9. The molecule has 1 aromatic heterocycles. The molecule has 0 saturated carbocycles. The zero-order valence-electron chi connectivity index (χ0n) is 14.6. The van der Waals surface area contributed by atoms with Gasteiger partial charge in [-0.2, -0.15) is 0 Å². The Bertz CT molecular complexity index is 961. The van der Waals surface area contributed by atoms with Crippen molar-refractivity contribution in [1.29, 1.82) is 0 Å². The number of carbonyl (C=O) groups excluding carboxylic acids is 1. The van der Waals surface area contributed by atoms with E-state index in [9.17, 15) is 18.0 Å². The van der Waals surface area contributed by atoms with Crippen molar-refractivity contribution in [2.75, 3.05) is 17.2 Å². The maximum absolute atomic E-state index is 12.6. The van der Waals surface area contributed by atoms with Gasteiger partial charge in [0.25, 0.3) is 0 Å². The van der Waals surface area contributed by atoms with E-state index in [0.29, 0.717) is 13.0 Å². The van der Waals surface area contributed by atoms with Crippen LogP contribution in [0.5, 0.6) is 0 Å². The number of nitrogens with one attached hydrogen (secondary N) is 1. The fraction of sp³-hybridized carbons (Fsp3) is 0.471. The molecule has 0 unspecified atom stereocenters. The van der Waals surface area contributed by atoms with Crippen molar-refractivity contribution < 1.29 is 13.2 Å². The highest BCUT2D eigenvalue weighted by atomic mass is 32.2. The van der Waals surface area contributed by atoms with E-state index in [-0.39, 0.29) is 29.8 Å². The number of H-pyrrole nitrogens is 1. The molecule has 2 aromatic rings. The summed E-state index contributed by atoms with van der Waals surface area (Å²) in [5.41, 5.74) is 1.38. The molecule has 0 spiro atoms. The lowest BCUT2D eigenvalue weighted by molar-refractivity contribution is -0.118. The van der Waals surface area contributed by atoms with Crippen molar-refractivity contribution in [2.45, 2.75) is 44.3 Å². The van der Waals surface area contributed by atoms with Gasteiger partial charge in [0, 0.05) is 25.2 Å². The first-order chi connectivity index (χ1) is 12.4. The van der Waals surface area contributed by atoms with Gasteiger partial charge in [0.1, 0.15) is 0 Å². The number of carbonyl (C=O) groups is 1. The molecular weight excluding hydrogens is 356 g/mol. The number of amides is 1. The average molecular weight is 378 g/mol. The highest BCUT2D eigenvalue weighted by molar-refractivity contribution is 7.91. The van der Waals surface area contributed by atoms with Crippen LogP contribution in [0.4, 0.5) is 5.69 Å². The summed E-state index contributed by atoms with van der Waals surface area (Å²) < 4.78 is 26.3. The summed E-state index contributed by atoms with van der Waals surface area (Å²) >= 11 is 0. The topological polar surface area (TPSA) is 105 Å². The van der Waals surface area contributed by atoms with E-state index in [0.717, 1.165) is 28.7 Å². The summed E-state index contributed by atoms with van der Waals surface area (Å²) in [5.74, 6) is -0.613. The number of hydrogen-bond acceptors (Lipinski definition) is 5. The summed E-state index contributed by atoms with van der Waals surface area (Å²) in [6.45, 7) is 2.79. The van der Waals surface area contributed by atoms with E-state index in [2.05, 4.69) is 10.2 Å². The molecule has 1 aromatic carbocycles. The van der Waals surface area contributed by atoms with E-state index in [4.69, 9.17) is 0 Å². The second-order valence-corrected chi connectivity index (χ2v) is 8.31. The molecule has 0 saturated heterocycles. The van der Waals surface area contributed by atoms with Crippen molar-refractivity contribution in [3.8, 4) is 0 Å². The van der Waals surface area contributed by atoms with Crippen LogP contribution >= 0.6 is 0 Å². The van der Waals surface area contributed by atoms with Crippen molar-refractivity contribution in [2.24, 2.45) is 0 Å². The molecular formula is C17H22N4O4S. The largest absolute Gasteiger partial charge is 0.344 e. The number of fused-ring (bicyclic) bond motifs is 1. The highest BCUT2D eigenvalue weighted by Crippen LogP contribution is 2.28. The summed E-state index contributed by atoms with van der Waals surface area (Å²) in [7, 11) is -3.83. The van der Waals surface area contributed by atoms with Crippen molar-refractivity contribution >= 4 is 21.4 Å². The summed E-state index contributed by atoms with van der Waals surface area (Å²) in [6.07, 6.45) is 2.12. The second-order valence-electron chi connectivity index (χ2n) is 6.31. The molecule has 9 heteroatoms. The first kappa shape index (κ1) is 18.4. The smallest absolute Gasteiger partial charge is 0.312 e. The van der Waals surface area contributed by atoms with Crippen LogP contribution in [0.25, 0.3) is 0 Å². The number of benzene rings is 1. The molecule has 2 heterocycles. The van der Waals surface area contributed by atoms with Gasteiger partial charge >= 0.3 is 5.69 Å². The predicted molar refractivity (Wildman–Crippen MR) is 96.9 cm³/mol. The molecule has 1 aliphatic rings. The van der Waals surface area contributed by atoms with Crippen LogP contribution in [0, 0.1) is 0 Å². The van der Waals surface area contributed by atoms with Gasteiger partial charge in [0.2, 0.25) is 20.9 Å². The molecule has 1 N–H and O–H groups in total. The van der Waals surface area contributed by atoms with Crippen molar-refractivity contribution in [1.82, 2.24) is 14.8 Å². The third-order valence-corrected chi connectivity index (χ3v) is 6.12. The zero-order chi connectivity index (χ0) is 18.7. The third kappa shape index (κ3) is 3.57. The Morgan fingerprint density at radius 2 is 2.08 bits per heavy atom. The molecule has 1 aliphatic heterocycles. The van der Waals surface area contributed by atoms with Gasteiger partial charge in [-0.1, -0.05) is 31.5 Å². The number of sulfone groups is 1. The number of hydrogen-bond donors (Lipinski definition) is 1. The second kappa shape index (κ2) is 7.45. The van der Waals surface area contributed by atoms with Gasteiger partial charge in [0.15, 0.2) is 0 Å². The lowest BCUT2D eigenvalue weighted by Crippen LogP contribution is -2.31. The Kier molecular flexibility index (Phi) is 5.26. The van der Waals surface area contributed by atoms with Gasteiger partial charge in [-0.15, -0.1) is 5.10 Å². The van der Waals surface area contributed by atoms with Crippen LogP contribution < -0.4 is 10.6 Å². The maximum Gasteiger partial charge on any atom is 0.344 e. The molecule has 0 radical (unpaired) electrons. The quantitative estimate of drug-likeness (QED) is 0.777. The lowest BCUT2D eigenvalue weighted by atomic mass is 10.2. The van der Waals surface area contributed by atoms with E-state index in [1.165, 1.54) is 0 Å². The van der Waals surface area contributed by atoms with Crippen LogP contribution in [0.15, 0.2) is 34.2 Å². The molecule has 8 nitrogen and oxygen atoms in total. The number of nitrogens with zero attached hydrogens (tertiary/aromatic N) is 3. The molecule has 0 aliphatic carbocycles. The Hall–Kier alpha value is -2.42. The molecule has 0 fully saturated rings. The highest BCUT2D eigenvalue weighted by Gasteiger charge is 2.28. The van der Waals surface area contributed by atoms with Crippen LogP contribution in [0.2, 0.25) is 0 Å². The average Bonchev–Trinajstić information content (AvgIpc) is 3.22. The molecule has 3 rings (SSSR count). The minimum Gasteiger partial charge on any atom is -0.312 e. The number of para-hydroxylation sites is 1. The van der Waals surface area contributed by atoms with Gasteiger partial charge in [-0.05, 0) is 24.5 Å². The van der Waals surface area contributed by atoms with Crippen molar-refractivity contribution in [3.05, 3.63) is 40.3 Å². The Morgan fingerprint density at radius 3 is 2.85 bits per heavy atom.